The first-order valence-corrected chi connectivity index (χ1v) is 14.0. The van der Waals surface area contributed by atoms with E-state index in [1.54, 1.807) is 0 Å². The van der Waals surface area contributed by atoms with Crippen molar-refractivity contribution in [2.45, 2.75) is 121 Å². The zero-order chi connectivity index (χ0) is 25.4. The molecule has 0 amide bonds. The van der Waals surface area contributed by atoms with Gasteiger partial charge in [0, 0.05) is 13.0 Å². The Morgan fingerprint density at radius 1 is 1.06 bits per heavy atom. The van der Waals surface area contributed by atoms with E-state index in [9.17, 15) is 4.79 Å². The Morgan fingerprint density at radius 2 is 1.71 bits per heavy atom. The minimum atomic E-state index is -0.742. The van der Waals surface area contributed by atoms with Crippen molar-refractivity contribution in [3.05, 3.63) is 0 Å². The van der Waals surface area contributed by atoms with Crippen molar-refractivity contribution in [3.8, 4) is 0 Å². The second kappa shape index (κ2) is 16.6. The SMILES string of the molecule is CCCCCCCCC[C@@H]1[NH+]=C(N)N[C@]2(CCCO2)[C@@H]1C(=O)OCCCCCCCCN=C(N)N. The van der Waals surface area contributed by atoms with Gasteiger partial charge in [0.15, 0.2) is 11.9 Å². The highest BCUT2D eigenvalue weighted by atomic mass is 16.5. The van der Waals surface area contributed by atoms with E-state index >= 15 is 0 Å². The van der Waals surface area contributed by atoms with E-state index in [2.05, 4.69) is 22.2 Å². The van der Waals surface area contributed by atoms with Crippen LogP contribution in [0.25, 0.3) is 0 Å². The molecule has 0 aromatic heterocycles. The van der Waals surface area contributed by atoms with Gasteiger partial charge in [0.1, 0.15) is 0 Å². The maximum Gasteiger partial charge on any atom is 0.343 e. The van der Waals surface area contributed by atoms with Crippen molar-refractivity contribution in [2.24, 2.45) is 28.1 Å². The zero-order valence-electron chi connectivity index (χ0n) is 22.0. The molecule has 2 rings (SSSR count). The molecule has 0 aliphatic carbocycles. The lowest BCUT2D eigenvalue weighted by molar-refractivity contribution is -0.531. The summed E-state index contributed by atoms with van der Waals surface area (Å²) in [6, 6.07) is -0.0669. The van der Waals surface area contributed by atoms with Crippen molar-refractivity contribution in [1.82, 2.24) is 5.32 Å². The van der Waals surface area contributed by atoms with Crippen LogP contribution in [-0.2, 0) is 14.3 Å². The van der Waals surface area contributed by atoms with Gasteiger partial charge in [0.25, 0.3) is 0 Å². The van der Waals surface area contributed by atoms with Crippen LogP contribution in [0.4, 0.5) is 0 Å². The maximum atomic E-state index is 13.3. The molecule has 2 aliphatic rings. The average molecular weight is 496 g/mol. The summed E-state index contributed by atoms with van der Waals surface area (Å²) in [5.74, 6) is 0.0893. The third-order valence-corrected chi connectivity index (χ3v) is 7.11. The molecule has 1 spiro atoms. The standard InChI is InChI=1S/C26H50N6O3/c1-2-3-4-5-6-9-12-16-21-22(26(17-15-20-35-26)32-25(29)31-21)23(33)34-19-14-11-8-7-10-13-18-30-24(27)28/h21-22H,2-20H2,1H3,(H4,27,28,30)(H3,29,31,32)/p+1/t21-,22-,26-/m0/s1. The van der Waals surface area contributed by atoms with Gasteiger partial charge in [-0.3, -0.25) is 20.5 Å². The molecule has 2 aliphatic heterocycles. The molecule has 9 nitrogen and oxygen atoms in total. The molecule has 0 bridgehead atoms. The Morgan fingerprint density at radius 3 is 2.37 bits per heavy atom. The molecule has 1 saturated heterocycles. The summed E-state index contributed by atoms with van der Waals surface area (Å²) >= 11 is 0. The van der Waals surface area contributed by atoms with E-state index in [-0.39, 0.29) is 18.0 Å². The number of unbranched alkanes of at least 4 members (excludes halogenated alkanes) is 11. The third-order valence-electron chi connectivity index (χ3n) is 7.11. The summed E-state index contributed by atoms with van der Waals surface area (Å²) < 4.78 is 11.9. The van der Waals surface area contributed by atoms with Crippen LogP contribution < -0.4 is 27.5 Å². The zero-order valence-corrected chi connectivity index (χ0v) is 22.0. The molecule has 9 heteroatoms. The summed E-state index contributed by atoms with van der Waals surface area (Å²) in [6.07, 6.45) is 17.5. The van der Waals surface area contributed by atoms with E-state index in [0.29, 0.717) is 25.7 Å². The van der Waals surface area contributed by atoms with Gasteiger partial charge in [-0.05, 0) is 32.1 Å². The van der Waals surface area contributed by atoms with Crippen LogP contribution in [0.5, 0.6) is 0 Å². The summed E-state index contributed by atoms with van der Waals surface area (Å²) in [5, 5.41) is 3.25. The number of hydrogen-bond donors (Lipinski definition) is 5. The normalized spacial score (nSPS) is 23.6. The molecule has 0 aromatic rings. The fourth-order valence-corrected chi connectivity index (χ4v) is 5.26. The van der Waals surface area contributed by atoms with Crippen LogP contribution in [-0.4, -0.2) is 49.4 Å². The second-order valence-corrected chi connectivity index (χ2v) is 10.1. The second-order valence-electron chi connectivity index (χ2n) is 10.1. The van der Waals surface area contributed by atoms with Gasteiger partial charge in [0.05, 0.1) is 19.3 Å². The van der Waals surface area contributed by atoms with Gasteiger partial charge < -0.3 is 20.9 Å². The number of hydrogen-bond acceptors (Lipinski definition) is 6. The lowest BCUT2D eigenvalue weighted by atomic mass is 9.82. The van der Waals surface area contributed by atoms with E-state index in [1.807, 2.05) is 0 Å². The number of ether oxygens (including phenoxy) is 2. The van der Waals surface area contributed by atoms with Crippen molar-refractivity contribution >= 4 is 17.9 Å². The van der Waals surface area contributed by atoms with Crippen molar-refractivity contribution in [2.75, 3.05) is 19.8 Å². The predicted molar refractivity (Wildman–Crippen MR) is 140 cm³/mol. The van der Waals surface area contributed by atoms with E-state index in [0.717, 1.165) is 64.2 Å². The minimum Gasteiger partial charge on any atom is -0.465 e. The monoisotopic (exact) mass is 495 g/mol. The lowest BCUT2D eigenvalue weighted by Gasteiger charge is -2.38. The first kappa shape index (κ1) is 29.2. The molecule has 3 atom stereocenters. The van der Waals surface area contributed by atoms with Crippen LogP contribution in [0.2, 0.25) is 0 Å². The largest absolute Gasteiger partial charge is 0.465 e. The Bertz CT molecular complexity index is 659. The van der Waals surface area contributed by atoms with Gasteiger partial charge in [-0.25, -0.2) is 5.32 Å². The number of rotatable bonds is 18. The molecular formula is C26H51N6O3+. The van der Waals surface area contributed by atoms with E-state index in [4.69, 9.17) is 26.7 Å². The number of esters is 1. The van der Waals surface area contributed by atoms with Gasteiger partial charge >= 0.3 is 11.9 Å². The van der Waals surface area contributed by atoms with Gasteiger partial charge in [-0.2, -0.15) is 0 Å². The highest BCUT2D eigenvalue weighted by molar-refractivity contribution is 5.79. The van der Waals surface area contributed by atoms with Gasteiger partial charge in [-0.1, -0.05) is 71.1 Å². The van der Waals surface area contributed by atoms with Gasteiger partial charge in [0.2, 0.25) is 5.72 Å². The molecule has 0 unspecified atom stereocenters. The summed E-state index contributed by atoms with van der Waals surface area (Å²) in [7, 11) is 0. The molecule has 35 heavy (non-hydrogen) atoms. The number of guanidine groups is 2. The smallest absolute Gasteiger partial charge is 0.343 e. The first-order valence-electron chi connectivity index (χ1n) is 14.0. The minimum absolute atomic E-state index is 0.0669. The fraction of sp³-hybridized carbons (Fsp3) is 0.885. The number of nitrogens with zero attached hydrogens (tertiary/aromatic N) is 1. The van der Waals surface area contributed by atoms with Gasteiger partial charge in [-0.15, -0.1) is 0 Å². The van der Waals surface area contributed by atoms with E-state index < -0.39 is 11.6 Å². The number of nitrogens with two attached hydrogens (primary N) is 3. The molecule has 0 radical (unpaired) electrons. The average Bonchev–Trinajstić information content (AvgIpc) is 3.27. The molecule has 202 valence electrons. The van der Waals surface area contributed by atoms with Crippen LogP contribution in [0, 0.1) is 5.92 Å². The van der Waals surface area contributed by atoms with Crippen LogP contribution in [0.15, 0.2) is 4.99 Å². The number of nitrogens with one attached hydrogen (secondary N) is 2. The highest BCUT2D eigenvalue weighted by Crippen LogP contribution is 2.35. The molecule has 0 aromatic carbocycles. The quantitative estimate of drug-likeness (QED) is 0.0841. The summed E-state index contributed by atoms with van der Waals surface area (Å²) in [5.41, 5.74) is 16.1. The Hall–Kier alpha value is -2.03. The molecular weight excluding hydrogens is 444 g/mol. The molecule has 8 N–H and O–H groups in total. The Kier molecular flexibility index (Phi) is 13.9. The topological polar surface area (TPSA) is 152 Å². The number of carbonyl (C=O) groups excluding carboxylic acids is 1. The van der Waals surface area contributed by atoms with Crippen LogP contribution >= 0.6 is 0 Å². The maximum absolute atomic E-state index is 13.3. The molecule has 1 fully saturated rings. The van der Waals surface area contributed by atoms with E-state index in [1.165, 1.54) is 38.5 Å². The summed E-state index contributed by atoms with van der Waals surface area (Å²) in [6.45, 7) is 4.01. The van der Waals surface area contributed by atoms with Crippen molar-refractivity contribution in [1.29, 1.82) is 0 Å². The first-order chi connectivity index (χ1) is 17.0. The summed E-state index contributed by atoms with van der Waals surface area (Å²) in [4.78, 5) is 20.6. The lowest BCUT2D eigenvalue weighted by Crippen LogP contribution is -2.93. The Balaban J connectivity index is 1.76. The van der Waals surface area contributed by atoms with Crippen molar-refractivity contribution in [3.63, 3.8) is 0 Å². The molecule has 2 heterocycles. The Labute approximate surface area is 212 Å². The number of aliphatic imine (C=N–C) groups is 1. The fourth-order valence-electron chi connectivity index (χ4n) is 5.26. The van der Waals surface area contributed by atoms with Crippen LogP contribution in [0.3, 0.4) is 0 Å². The van der Waals surface area contributed by atoms with Crippen LogP contribution in [0.1, 0.15) is 110 Å². The third kappa shape index (κ3) is 10.6. The van der Waals surface area contributed by atoms with Crippen molar-refractivity contribution < 1.29 is 19.3 Å². The molecule has 0 saturated carbocycles. The highest BCUT2D eigenvalue weighted by Gasteiger charge is 2.57. The predicted octanol–water partition coefficient (Wildman–Crippen LogP) is 1.77. The number of carbonyl (C=O) groups is 1.